The monoisotopic (exact) mass is 287 g/mol. The van der Waals surface area contributed by atoms with Crippen LogP contribution in [0.1, 0.15) is 28.9 Å². The summed E-state index contributed by atoms with van der Waals surface area (Å²) in [6.07, 6.45) is -0.669. The minimum absolute atomic E-state index is 0.0507. The van der Waals surface area contributed by atoms with Crippen molar-refractivity contribution in [2.24, 2.45) is 0 Å². The Morgan fingerprint density at radius 1 is 1.24 bits per heavy atom. The Bertz CT molecular complexity index is 683. The van der Waals surface area contributed by atoms with Gasteiger partial charge >= 0.3 is 5.97 Å². The number of phenols is 1. The highest BCUT2D eigenvalue weighted by Crippen LogP contribution is 2.24. The van der Waals surface area contributed by atoms with E-state index in [1.54, 1.807) is 25.1 Å². The molecule has 6 heteroatoms. The second-order valence-electron chi connectivity index (χ2n) is 4.42. The van der Waals surface area contributed by atoms with Gasteiger partial charge in [-0.25, -0.2) is 4.79 Å². The van der Waals surface area contributed by atoms with Crippen molar-refractivity contribution in [3.63, 3.8) is 0 Å². The number of phenolic OH excluding ortho intramolecular Hbond substituents is 1. The lowest BCUT2D eigenvalue weighted by Gasteiger charge is -2.14. The lowest BCUT2D eigenvalue weighted by atomic mass is 10.1. The Kier molecular flexibility index (Phi) is 4.18. The molecule has 0 saturated heterocycles. The predicted molar refractivity (Wildman–Crippen MR) is 75.0 cm³/mol. The van der Waals surface area contributed by atoms with Crippen LogP contribution < -0.4 is 0 Å². The molecule has 2 rings (SSSR count). The van der Waals surface area contributed by atoms with E-state index in [-0.39, 0.29) is 17.0 Å². The number of nitrogens with zero attached hydrogens (tertiary/aromatic N) is 1. The molecule has 0 spiro atoms. The molecule has 0 bridgehead atoms. The number of nitro benzene ring substituents is 1. The van der Waals surface area contributed by atoms with Gasteiger partial charge in [-0.05, 0) is 24.6 Å². The summed E-state index contributed by atoms with van der Waals surface area (Å²) >= 11 is 0. The number of hydrogen-bond donors (Lipinski definition) is 1. The minimum atomic E-state index is -0.688. The fourth-order valence-corrected chi connectivity index (χ4v) is 1.83. The number of benzene rings is 2. The fourth-order valence-electron chi connectivity index (χ4n) is 1.83. The van der Waals surface area contributed by atoms with Gasteiger partial charge in [0.2, 0.25) is 0 Å². The largest absolute Gasteiger partial charge is 0.507 e. The average Bonchev–Trinajstić information content (AvgIpc) is 2.47. The highest BCUT2D eigenvalue weighted by atomic mass is 16.6. The van der Waals surface area contributed by atoms with Gasteiger partial charge in [-0.3, -0.25) is 10.1 Å². The Morgan fingerprint density at radius 3 is 2.62 bits per heavy atom. The number of para-hydroxylation sites is 1. The van der Waals surface area contributed by atoms with Crippen LogP contribution in [0, 0.1) is 10.1 Å². The number of carbonyl (C=O) groups is 1. The average molecular weight is 287 g/mol. The second-order valence-corrected chi connectivity index (χ2v) is 4.42. The lowest BCUT2D eigenvalue weighted by Crippen LogP contribution is -2.09. The molecule has 0 aliphatic carbocycles. The minimum Gasteiger partial charge on any atom is -0.507 e. The third-order valence-electron chi connectivity index (χ3n) is 2.96. The topological polar surface area (TPSA) is 89.7 Å². The van der Waals surface area contributed by atoms with Gasteiger partial charge in [0.15, 0.2) is 0 Å². The van der Waals surface area contributed by atoms with Crippen LogP contribution in [0.5, 0.6) is 5.75 Å². The number of hydrogen-bond acceptors (Lipinski definition) is 5. The molecular weight excluding hydrogens is 274 g/mol. The standard InChI is InChI=1S/C15H13NO5/c1-10(11-5-4-6-12(9-11)16(19)20)21-15(18)13-7-2-3-8-14(13)17/h2-10,17H,1H3. The Hall–Kier alpha value is -2.89. The molecule has 0 fully saturated rings. The predicted octanol–water partition coefficient (Wildman–Crippen LogP) is 3.22. The molecule has 0 heterocycles. The summed E-state index contributed by atoms with van der Waals surface area (Å²) in [5.74, 6) is -0.860. The van der Waals surface area contributed by atoms with Gasteiger partial charge in [-0.2, -0.15) is 0 Å². The first kappa shape index (κ1) is 14.5. The maximum atomic E-state index is 12.0. The molecule has 6 nitrogen and oxygen atoms in total. The van der Waals surface area contributed by atoms with E-state index in [0.29, 0.717) is 5.56 Å². The van der Waals surface area contributed by atoms with Gasteiger partial charge in [0.05, 0.1) is 4.92 Å². The van der Waals surface area contributed by atoms with Crippen molar-refractivity contribution < 1.29 is 19.6 Å². The smallest absolute Gasteiger partial charge is 0.342 e. The number of nitro groups is 1. The molecular formula is C15H13NO5. The molecule has 0 aliphatic heterocycles. The Morgan fingerprint density at radius 2 is 1.95 bits per heavy atom. The highest BCUT2D eigenvalue weighted by Gasteiger charge is 2.18. The summed E-state index contributed by atoms with van der Waals surface area (Å²) in [7, 11) is 0. The van der Waals surface area contributed by atoms with E-state index in [1.165, 1.54) is 30.3 Å². The molecule has 0 aromatic heterocycles. The molecule has 0 aliphatic rings. The van der Waals surface area contributed by atoms with Crippen LogP contribution in [0.15, 0.2) is 48.5 Å². The van der Waals surface area contributed by atoms with E-state index in [9.17, 15) is 20.0 Å². The molecule has 1 atom stereocenters. The van der Waals surface area contributed by atoms with E-state index >= 15 is 0 Å². The molecule has 2 aromatic rings. The van der Waals surface area contributed by atoms with E-state index in [2.05, 4.69) is 0 Å². The molecule has 2 aromatic carbocycles. The van der Waals surface area contributed by atoms with Crippen molar-refractivity contribution in [2.75, 3.05) is 0 Å². The van der Waals surface area contributed by atoms with Crippen molar-refractivity contribution in [1.82, 2.24) is 0 Å². The van der Waals surface area contributed by atoms with Gasteiger partial charge in [0, 0.05) is 12.1 Å². The van der Waals surface area contributed by atoms with Crippen LogP contribution in [0.3, 0.4) is 0 Å². The first-order chi connectivity index (χ1) is 9.99. The van der Waals surface area contributed by atoms with E-state index in [4.69, 9.17) is 4.74 Å². The van der Waals surface area contributed by atoms with Crippen LogP contribution in [-0.4, -0.2) is 16.0 Å². The van der Waals surface area contributed by atoms with Crippen LogP contribution in [0.25, 0.3) is 0 Å². The highest BCUT2D eigenvalue weighted by molar-refractivity contribution is 5.92. The normalized spacial score (nSPS) is 11.7. The maximum Gasteiger partial charge on any atom is 0.342 e. The second kappa shape index (κ2) is 6.04. The third kappa shape index (κ3) is 3.36. The Labute approximate surface area is 120 Å². The first-order valence-electron chi connectivity index (χ1n) is 6.22. The van der Waals surface area contributed by atoms with E-state index in [0.717, 1.165) is 0 Å². The van der Waals surface area contributed by atoms with Crippen LogP contribution in [-0.2, 0) is 4.74 Å². The summed E-state index contributed by atoms with van der Waals surface area (Å²) in [4.78, 5) is 22.2. The zero-order valence-corrected chi connectivity index (χ0v) is 11.2. The number of carbonyl (C=O) groups excluding carboxylic acids is 1. The lowest BCUT2D eigenvalue weighted by molar-refractivity contribution is -0.385. The summed E-state index contributed by atoms with van der Waals surface area (Å²) in [6.45, 7) is 1.61. The fraction of sp³-hybridized carbons (Fsp3) is 0.133. The van der Waals surface area contributed by atoms with E-state index < -0.39 is 17.0 Å². The molecule has 1 unspecified atom stereocenters. The maximum absolute atomic E-state index is 12.0. The van der Waals surface area contributed by atoms with Crippen molar-refractivity contribution in [3.8, 4) is 5.75 Å². The molecule has 21 heavy (non-hydrogen) atoms. The summed E-state index contributed by atoms with van der Waals surface area (Å²) in [5, 5.41) is 20.3. The zero-order valence-electron chi connectivity index (χ0n) is 11.2. The van der Waals surface area contributed by atoms with Gasteiger partial charge in [-0.1, -0.05) is 24.3 Å². The number of rotatable bonds is 4. The van der Waals surface area contributed by atoms with Gasteiger partial charge in [0.1, 0.15) is 17.4 Å². The van der Waals surface area contributed by atoms with Gasteiger partial charge < -0.3 is 9.84 Å². The molecule has 0 saturated carbocycles. The summed E-state index contributed by atoms with van der Waals surface area (Å²) in [5.41, 5.74) is 0.487. The van der Waals surface area contributed by atoms with Gasteiger partial charge in [-0.15, -0.1) is 0 Å². The molecule has 0 radical (unpaired) electrons. The quantitative estimate of drug-likeness (QED) is 0.529. The summed E-state index contributed by atoms with van der Waals surface area (Å²) in [6, 6.07) is 11.9. The van der Waals surface area contributed by atoms with Crippen molar-refractivity contribution in [1.29, 1.82) is 0 Å². The van der Waals surface area contributed by atoms with Crippen molar-refractivity contribution in [3.05, 3.63) is 69.8 Å². The third-order valence-corrected chi connectivity index (χ3v) is 2.96. The summed E-state index contributed by atoms with van der Waals surface area (Å²) < 4.78 is 5.22. The van der Waals surface area contributed by atoms with Crippen LogP contribution >= 0.6 is 0 Å². The number of non-ortho nitro benzene ring substituents is 1. The van der Waals surface area contributed by atoms with Crippen molar-refractivity contribution in [2.45, 2.75) is 13.0 Å². The molecule has 108 valence electrons. The van der Waals surface area contributed by atoms with E-state index in [1.807, 2.05) is 0 Å². The zero-order chi connectivity index (χ0) is 15.4. The first-order valence-corrected chi connectivity index (χ1v) is 6.22. The Balaban J connectivity index is 2.16. The number of ether oxygens (including phenoxy) is 1. The van der Waals surface area contributed by atoms with Crippen molar-refractivity contribution >= 4 is 11.7 Å². The van der Waals surface area contributed by atoms with Crippen LogP contribution in [0.4, 0.5) is 5.69 Å². The number of aromatic hydroxyl groups is 1. The molecule has 1 N–H and O–H groups in total. The van der Waals surface area contributed by atoms with Gasteiger partial charge in [0.25, 0.3) is 5.69 Å². The number of esters is 1. The SMILES string of the molecule is CC(OC(=O)c1ccccc1O)c1cccc([N+](=O)[O-])c1. The van der Waals surface area contributed by atoms with Crippen LogP contribution in [0.2, 0.25) is 0 Å². The molecule has 0 amide bonds.